The number of anilines is 2. The zero-order chi connectivity index (χ0) is 14.4. The van der Waals surface area contributed by atoms with Gasteiger partial charge in [0.2, 0.25) is 5.91 Å². The first-order valence-electron chi connectivity index (χ1n) is 6.71. The van der Waals surface area contributed by atoms with Crippen LogP contribution >= 0.6 is 0 Å². The summed E-state index contributed by atoms with van der Waals surface area (Å²) in [6.45, 7) is 6.41. The van der Waals surface area contributed by atoms with Crippen LogP contribution in [0, 0.1) is 11.8 Å². The van der Waals surface area contributed by atoms with E-state index in [0.29, 0.717) is 35.4 Å². The molecular formula is C15H24N2O2. The first-order valence-corrected chi connectivity index (χ1v) is 6.71. The van der Waals surface area contributed by atoms with E-state index >= 15 is 0 Å². The third-order valence-electron chi connectivity index (χ3n) is 3.43. The molecule has 1 atom stereocenters. The van der Waals surface area contributed by atoms with Crippen LogP contribution in [0.1, 0.15) is 33.6 Å². The molecule has 0 aliphatic rings. The van der Waals surface area contributed by atoms with Crippen LogP contribution in [0.3, 0.4) is 0 Å². The maximum atomic E-state index is 12.0. The molecule has 106 valence electrons. The number of nitrogens with one attached hydrogen (secondary N) is 1. The monoisotopic (exact) mass is 264 g/mol. The van der Waals surface area contributed by atoms with E-state index in [-0.39, 0.29) is 5.91 Å². The number of nitrogens with two attached hydrogens (primary N) is 1. The Balaban J connectivity index is 2.64. The summed E-state index contributed by atoms with van der Waals surface area (Å²) in [5.74, 6) is 1.57. The molecular weight excluding hydrogens is 240 g/mol. The molecule has 0 fully saturated rings. The minimum absolute atomic E-state index is 0.0325. The van der Waals surface area contributed by atoms with Crippen molar-refractivity contribution in [1.29, 1.82) is 0 Å². The Morgan fingerprint density at radius 1 is 1.42 bits per heavy atom. The van der Waals surface area contributed by atoms with Gasteiger partial charge >= 0.3 is 0 Å². The fourth-order valence-electron chi connectivity index (χ4n) is 2.11. The van der Waals surface area contributed by atoms with E-state index in [1.165, 1.54) is 0 Å². The van der Waals surface area contributed by atoms with Crippen LogP contribution in [0.4, 0.5) is 11.4 Å². The van der Waals surface area contributed by atoms with E-state index in [1.807, 2.05) is 0 Å². The van der Waals surface area contributed by atoms with Gasteiger partial charge in [-0.3, -0.25) is 4.79 Å². The number of carbonyl (C=O) groups is 1. The molecule has 0 heterocycles. The topological polar surface area (TPSA) is 64.3 Å². The molecule has 0 bridgehead atoms. The third kappa shape index (κ3) is 4.47. The van der Waals surface area contributed by atoms with E-state index in [9.17, 15) is 4.79 Å². The second-order valence-corrected chi connectivity index (χ2v) is 5.12. The minimum atomic E-state index is 0.0325. The fourth-order valence-corrected chi connectivity index (χ4v) is 2.11. The van der Waals surface area contributed by atoms with Crippen molar-refractivity contribution < 1.29 is 9.53 Å². The number of carbonyl (C=O) groups excluding carboxylic acids is 1. The second-order valence-electron chi connectivity index (χ2n) is 5.12. The second kappa shape index (κ2) is 7.02. The lowest BCUT2D eigenvalue weighted by molar-refractivity contribution is -0.117. The molecule has 1 aromatic rings. The summed E-state index contributed by atoms with van der Waals surface area (Å²) in [7, 11) is 1.57. The van der Waals surface area contributed by atoms with Crippen LogP contribution < -0.4 is 15.8 Å². The Kier molecular flexibility index (Phi) is 5.67. The van der Waals surface area contributed by atoms with Crippen molar-refractivity contribution in [2.45, 2.75) is 33.6 Å². The average molecular weight is 264 g/mol. The van der Waals surface area contributed by atoms with Crippen molar-refractivity contribution in [2.75, 3.05) is 18.2 Å². The van der Waals surface area contributed by atoms with Gasteiger partial charge < -0.3 is 15.8 Å². The molecule has 0 aliphatic carbocycles. The molecule has 1 unspecified atom stereocenters. The quantitative estimate of drug-likeness (QED) is 0.775. The number of nitrogen functional groups attached to an aromatic ring is 1. The van der Waals surface area contributed by atoms with E-state index in [4.69, 9.17) is 10.5 Å². The summed E-state index contributed by atoms with van der Waals surface area (Å²) in [6, 6.07) is 5.27. The largest absolute Gasteiger partial charge is 0.495 e. The molecule has 0 spiro atoms. The van der Waals surface area contributed by atoms with E-state index in [1.54, 1.807) is 25.3 Å². The highest BCUT2D eigenvalue weighted by molar-refractivity contribution is 5.91. The Morgan fingerprint density at radius 2 is 2.11 bits per heavy atom. The molecule has 19 heavy (non-hydrogen) atoms. The van der Waals surface area contributed by atoms with Gasteiger partial charge in [0.25, 0.3) is 0 Å². The average Bonchev–Trinajstić information content (AvgIpc) is 2.35. The van der Waals surface area contributed by atoms with Gasteiger partial charge in [0.15, 0.2) is 0 Å². The highest BCUT2D eigenvalue weighted by atomic mass is 16.5. The highest BCUT2D eigenvalue weighted by Gasteiger charge is 2.15. The van der Waals surface area contributed by atoms with Crippen LogP contribution in [0.25, 0.3) is 0 Å². The van der Waals surface area contributed by atoms with Gasteiger partial charge in [-0.1, -0.05) is 27.2 Å². The SMILES string of the molecule is CCC(CC(=O)Nc1ccc(OC)c(N)c1)C(C)C. The van der Waals surface area contributed by atoms with Crippen LogP contribution in [0.2, 0.25) is 0 Å². The zero-order valence-corrected chi connectivity index (χ0v) is 12.2. The lowest BCUT2D eigenvalue weighted by atomic mass is 9.90. The fraction of sp³-hybridized carbons (Fsp3) is 0.533. The van der Waals surface area contributed by atoms with Crippen LogP contribution in [0.5, 0.6) is 5.75 Å². The Labute approximate surface area is 115 Å². The Morgan fingerprint density at radius 3 is 2.58 bits per heavy atom. The zero-order valence-electron chi connectivity index (χ0n) is 12.2. The van der Waals surface area contributed by atoms with E-state index in [2.05, 4.69) is 26.1 Å². The molecule has 0 saturated heterocycles. The molecule has 0 aliphatic heterocycles. The molecule has 1 rings (SSSR count). The highest BCUT2D eigenvalue weighted by Crippen LogP contribution is 2.25. The summed E-state index contributed by atoms with van der Waals surface area (Å²) in [5, 5.41) is 2.88. The van der Waals surface area contributed by atoms with E-state index < -0.39 is 0 Å². The van der Waals surface area contributed by atoms with E-state index in [0.717, 1.165) is 6.42 Å². The smallest absolute Gasteiger partial charge is 0.224 e. The Bertz CT molecular complexity index is 430. The van der Waals surface area contributed by atoms with Crippen LogP contribution in [-0.2, 0) is 4.79 Å². The predicted molar refractivity (Wildman–Crippen MR) is 79.3 cm³/mol. The maximum Gasteiger partial charge on any atom is 0.224 e. The number of hydrogen-bond donors (Lipinski definition) is 2. The number of ether oxygens (including phenoxy) is 1. The van der Waals surface area contributed by atoms with Gasteiger partial charge in [-0.25, -0.2) is 0 Å². The van der Waals surface area contributed by atoms with Crippen molar-refractivity contribution >= 4 is 17.3 Å². The standard InChI is InChI=1S/C15H24N2O2/c1-5-11(10(2)3)8-15(18)17-12-6-7-14(19-4)13(16)9-12/h6-7,9-11H,5,8,16H2,1-4H3,(H,17,18). The van der Waals surface area contributed by atoms with Gasteiger partial charge in [-0.2, -0.15) is 0 Å². The third-order valence-corrected chi connectivity index (χ3v) is 3.43. The van der Waals surface area contributed by atoms with Gasteiger partial charge in [0.1, 0.15) is 5.75 Å². The van der Waals surface area contributed by atoms with Crippen molar-refractivity contribution in [1.82, 2.24) is 0 Å². The molecule has 4 heteroatoms. The van der Waals surface area contributed by atoms with Crippen LogP contribution in [-0.4, -0.2) is 13.0 Å². The molecule has 1 amide bonds. The maximum absolute atomic E-state index is 12.0. The first kappa shape index (κ1) is 15.3. The normalized spacial score (nSPS) is 12.3. The summed E-state index contributed by atoms with van der Waals surface area (Å²) in [6.07, 6.45) is 1.55. The van der Waals surface area contributed by atoms with Crippen molar-refractivity contribution in [3.63, 3.8) is 0 Å². The lowest BCUT2D eigenvalue weighted by Gasteiger charge is -2.18. The summed E-state index contributed by atoms with van der Waals surface area (Å²) in [4.78, 5) is 12.0. The summed E-state index contributed by atoms with van der Waals surface area (Å²) < 4.78 is 5.08. The summed E-state index contributed by atoms with van der Waals surface area (Å²) in [5.41, 5.74) is 7.04. The number of rotatable bonds is 6. The molecule has 0 aromatic heterocycles. The lowest BCUT2D eigenvalue weighted by Crippen LogP contribution is -2.19. The van der Waals surface area contributed by atoms with Crippen molar-refractivity contribution in [3.05, 3.63) is 18.2 Å². The number of benzene rings is 1. The van der Waals surface area contributed by atoms with Gasteiger partial charge in [-0.05, 0) is 30.0 Å². The molecule has 0 saturated carbocycles. The van der Waals surface area contributed by atoms with Gasteiger partial charge in [0.05, 0.1) is 12.8 Å². The van der Waals surface area contributed by atoms with Crippen molar-refractivity contribution in [2.24, 2.45) is 11.8 Å². The molecule has 4 nitrogen and oxygen atoms in total. The molecule has 1 aromatic carbocycles. The van der Waals surface area contributed by atoms with Crippen LogP contribution in [0.15, 0.2) is 18.2 Å². The first-order chi connectivity index (χ1) is 8.97. The molecule has 3 N–H and O–H groups in total. The predicted octanol–water partition coefficient (Wildman–Crippen LogP) is 3.29. The van der Waals surface area contributed by atoms with Crippen molar-refractivity contribution in [3.8, 4) is 5.75 Å². The number of hydrogen-bond acceptors (Lipinski definition) is 3. The summed E-state index contributed by atoms with van der Waals surface area (Å²) >= 11 is 0. The van der Waals surface area contributed by atoms with Gasteiger partial charge in [-0.15, -0.1) is 0 Å². The minimum Gasteiger partial charge on any atom is -0.495 e. The number of methoxy groups -OCH3 is 1. The van der Waals surface area contributed by atoms with Gasteiger partial charge in [0, 0.05) is 12.1 Å². The number of amides is 1. The molecule has 0 radical (unpaired) electrons. The Hall–Kier alpha value is -1.71.